The van der Waals surface area contributed by atoms with Crippen LogP contribution in [-0.2, 0) is 4.74 Å². The minimum absolute atomic E-state index is 0.0533. The van der Waals surface area contributed by atoms with Gasteiger partial charge < -0.3 is 14.8 Å². The number of halogens is 1. The Morgan fingerprint density at radius 1 is 1.53 bits per heavy atom. The lowest BCUT2D eigenvalue weighted by molar-refractivity contribution is 0.0136. The summed E-state index contributed by atoms with van der Waals surface area (Å²) < 4.78 is 11.4. The third-order valence-electron chi connectivity index (χ3n) is 3.23. The molecule has 19 heavy (non-hydrogen) atoms. The molecule has 0 radical (unpaired) electrons. The standard InChI is InChI=1S/C14H18BrNO3/c1-9-7-11(5-6-19-9)16-14(17)10-3-4-13(18-2)12(15)8-10/h3-4,8-9,11H,5-7H2,1-2H3,(H,16,17). The largest absolute Gasteiger partial charge is 0.496 e. The normalized spacial score (nSPS) is 22.9. The van der Waals surface area contributed by atoms with Crippen LogP contribution in [0.3, 0.4) is 0 Å². The van der Waals surface area contributed by atoms with Crippen LogP contribution in [0.4, 0.5) is 0 Å². The number of nitrogens with one attached hydrogen (secondary N) is 1. The van der Waals surface area contributed by atoms with Crippen molar-refractivity contribution >= 4 is 21.8 Å². The van der Waals surface area contributed by atoms with Crippen LogP contribution in [0.15, 0.2) is 22.7 Å². The lowest BCUT2D eigenvalue weighted by Gasteiger charge is -2.28. The van der Waals surface area contributed by atoms with Crippen molar-refractivity contribution in [3.05, 3.63) is 28.2 Å². The highest BCUT2D eigenvalue weighted by molar-refractivity contribution is 9.10. The fourth-order valence-electron chi connectivity index (χ4n) is 2.21. The maximum Gasteiger partial charge on any atom is 0.251 e. The molecule has 1 heterocycles. The van der Waals surface area contributed by atoms with Gasteiger partial charge in [-0.1, -0.05) is 0 Å². The van der Waals surface area contributed by atoms with Gasteiger partial charge in [0.25, 0.3) is 5.91 Å². The number of carbonyl (C=O) groups excluding carboxylic acids is 1. The molecule has 0 aromatic heterocycles. The Balaban J connectivity index is 2.01. The first-order valence-corrected chi connectivity index (χ1v) is 7.15. The van der Waals surface area contributed by atoms with Gasteiger partial charge in [0, 0.05) is 18.2 Å². The van der Waals surface area contributed by atoms with Crippen LogP contribution in [0.5, 0.6) is 5.75 Å². The maximum absolute atomic E-state index is 12.2. The number of hydrogen-bond acceptors (Lipinski definition) is 3. The quantitative estimate of drug-likeness (QED) is 0.928. The molecule has 1 N–H and O–H groups in total. The SMILES string of the molecule is COc1ccc(C(=O)NC2CCOC(C)C2)cc1Br. The van der Waals surface area contributed by atoms with Gasteiger partial charge in [0.15, 0.2) is 0 Å². The zero-order valence-corrected chi connectivity index (χ0v) is 12.7. The Morgan fingerprint density at radius 3 is 2.95 bits per heavy atom. The second-order valence-electron chi connectivity index (χ2n) is 4.73. The van der Waals surface area contributed by atoms with E-state index >= 15 is 0 Å². The highest BCUT2D eigenvalue weighted by atomic mass is 79.9. The average molecular weight is 328 g/mol. The Labute approximate surface area is 121 Å². The predicted octanol–water partition coefficient (Wildman–Crippen LogP) is 2.76. The zero-order valence-electron chi connectivity index (χ0n) is 11.1. The summed E-state index contributed by atoms with van der Waals surface area (Å²) in [5.41, 5.74) is 0.631. The number of hydrogen-bond donors (Lipinski definition) is 1. The van der Waals surface area contributed by atoms with Crippen molar-refractivity contribution < 1.29 is 14.3 Å². The van der Waals surface area contributed by atoms with Crippen LogP contribution >= 0.6 is 15.9 Å². The van der Waals surface area contributed by atoms with Crippen LogP contribution in [0.1, 0.15) is 30.1 Å². The van der Waals surface area contributed by atoms with Gasteiger partial charge in [0.1, 0.15) is 5.75 Å². The molecule has 2 atom stereocenters. The summed E-state index contributed by atoms with van der Waals surface area (Å²) >= 11 is 3.39. The van der Waals surface area contributed by atoms with Crippen LogP contribution in [-0.4, -0.2) is 31.8 Å². The molecular weight excluding hydrogens is 310 g/mol. The van der Waals surface area contributed by atoms with Crippen LogP contribution in [0, 0.1) is 0 Å². The Kier molecular flexibility index (Phi) is 4.82. The minimum Gasteiger partial charge on any atom is -0.496 e. The van der Waals surface area contributed by atoms with Gasteiger partial charge in [-0.05, 0) is 53.9 Å². The number of carbonyl (C=O) groups is 1. The fourth-order valence-corrected chi connectivity index (χ4v) is 2.75. The van der Waals surface area contributed by atoms with E-state index < -0.39 is 0 Å². The summed E-state index contributed by atoms with van der Waals surface area (Å²) in [6.07, 6.45) is 1.94. The van der Waals surface area contributed by atoms with Gasteiger partial charge >= 0.3 is 0 Å². The molecule has 0 bridgehead atoms. The first-order valence-electron chi connectivity index (χ1n) is 6.36. The van der Waals surface area contributed by atoms with Crippen molar-refractivity contribution in [2.75, 3.05) is 13.7 Å². The molecule has 0 spiro atoms. The third-order valence-corrected chi connectivity index (χ3v) is 3.85. The number of benzene rings is 1. The average Bonchev–Trinajstić information content (AvgIpc) is 2.38. The summed E-state index contributed by atoms with van der Waals surface area (Å²) in [5, 5.41) is 3.05. The highest BCUT2D eigenvalue weighted by Crippen LogP contribution is 2.25. The van der Waals surface area contributed by atoms with Gasteiger partial charge in [0.2, 0.25) is 0 Å². The molecule has 2 rings (SSSR count). The first-order chi connectivity index (χ1) is 9.10. The smallest absolute Gasteiger partial charge is 0.251 e. The molecule has 0 aliphatic carbocycles. The number of rotatable bonds is 3. The van der Waals surface area contributed by atoms with E-state index in [0.717, 1.165) is 23.1 Å². The second-order valence-corrected chi connectivity index (χ2v) is 5.58. The van der Waals surface area contributed by atoms with Crippen molar-refractivity contribution in [1.29, 1.82) is 0 Å². The van der Waals surface area contributed by atoms with E-state index in [0.29, 0.717) is 12.2 Å². The summed E-state index contributed by atoms with van der Waals surface area (Å²) in [6.45, 7) is 2.74. The molecule has 1 aliphatic heterocycles. The molecule has 1 aromatic carbocycles. The molecule has 1 amide bonds. The first kappa shape index (κ1) is 14.3. The van der Waals surface area contributed by atoms with Crippen molar-refractivity contribution in [2.45, 2.75) is 31.9 Å². The van der Waals surface area contributed by atoms with Crippen LogP contribution < -0.4 is 10.1 Å². The van der Waals surface area contributed by atoms with Gasteiger partial charge in [-0.3, -0.25) is 4.79 Å². The van der Waals surface area contributed by atoms with Crippen molar-refractivity contribution in [3.63, 3.8) is 0 Å². The monoisotopic (exact) mass is 327 g/mol. The molecule has 4 nitrogen and oxygen atoms in total. The fraction of sp³-hybridized carbons (Fsp3) is 0.500. The molecule has 2 unspecified atom stereocenters. The number of ether oxygens (including phenoxy) is 2. The van der Waals surface area contributed by atoms with Crippen LogP contribution in [0.2, 0.25) is 0 Å². The van der Waals surface area contributed by atoms with E-state index in [1.54, 1.807) is 25.3 Å². The zero-order chi connectivity index (χ0) is 13.8. The summed E-state index contributed by atoms with van der Waals surface area (Å²) in [4.78, 5) is 12.2. The van der Waals surface area contributed by atoms with Crippen molar-refractivity contribution in [3.8, 4) is 5.75 Å². The summed E-state index contributed by atoms with van der Waals surface area (Å²) in [5.74, 6) is 0.665. The van der Waals surface area contributed by atoms with E-state index in [1.807, 2.05) is 6.92 Å². The molecule has 1 aromatic rings. The topological polar surface area (TPSA) is 47.6 Å². The van der Waals surface area contributed by atoms with E-state index in [4.69, 9.17) is 9.47 Å². The number of amides is 1. The highest BCUT2D eigenvalue weighted by Gasteiger charge is 2.21. The minimum atomic E-state index is -0.0533. The van der Waals surface area contributed by atoms with E-state index in [9.17, 15) is 4.79 Å². The van der Waals surface area contributed by atoms with E-state index in [-0.39, 0.29) is 18.1 Å². The third kappa shape index (κ3) is 3.70. The summed E-state index contributed by atoms with van der Waals surface area (Å²) in [7, 11) is 1.60. The molecule has 1 fully saturated rings. The van der Waals surface area contributed by atoms with Gasteiger partial charge in [-0.15, -0.1) is 0 Å². The predicted molar refractivity (Wildman–Crippen MR) is 76.6 cm³/mol. The maximum atomic E-state index is 12.2. The lowest BCUT2D eigenvalue weighted by Crippen LogP contribution is -2.41. The molecule has 104 valence electrons. The summed E-state index contributed by atoms with van der Waals surface area (Å²) in [6, 6.07) is 5.52. The molecule has 0 saturated carbocycles. The Bertz CT molecular complexity index is 464. The van der Waals surface area contributed by atoms with Gasteiger partial charge in [-0.25, -0.2) is 0 Å². The van der Waals surface area contributed by atoms with Crippen molar-refractivity contribution in [2.24, 2.45) is 0 Å². The molecule has 1 aliphatic rings. The lowest BCUT2D eigenvalue weighted by atomic mass is 10.0. The second kappa shape index (κ2) is 6.39. The Hall–Kier alpha value is -1.07. The molecule has 1 saturated heterocycles. The Morgan fingerprint density at radius 2 is 2.32 bits per heavy atom. The molecular formula is C14H18BrNO3. The van der Waals surface area contributed by atoms with E-state index in [1.165, 1.54) is 0 Å². The van der Waals surface area contributed by atoms with Crippen LogP contribution in [0.25, 0.3) is 0 Å². The van der Waals surface area contributed by atoms with Gasteiger partial charge in [0.05, 0.1) is 17.7 Å². The van der Waals surface area contributed by atoms with E-state index in [2.05, 4.69) is 21.2 Å². The van der Waals surface area contributed by atoms with Gasteiger partial charge in [-0.2, -0.15) is 0 Å². The molecule has 5 heteroatoms. The number of methoxy groups -OCH3 is 1. The van der Waals surface area contributed by atoms with Crippen molar-refractivity contribution in [1.82, 2.24) is 5.32 Å².